The van der Waals surface area contributed by atoms with Crippen LogP contribution < -0.4 is 5.32 Å². The molecule has 0 amide bonds. The zero-order valence-electron chi connectivity index (χ0n) is 8.80. The molecule has 1 rings (SSSR count). The van der Waals surface area contributed by atoms with Crippen LogP contribution in [0, 0.1) is 0 Å². The summed E-state index contributed by atoms with van der Waals surface area (Å²) in [6, 6.07) is 0.375. The Morgan fingerprint density at radius 1 is 1.50 bits per heavy atom. The Labute approximate surface area is 83.3 Å². The third-order valence-electron chi connectivity index (χ3n) is 1.73. The molecule has 1 heterocycles. The summed E-state index contributed by atoms with van der Waals surface area (Å²) in [5, 5.41) is 24.2. The predicted molar refractivity (Wildman–Crippen MR) is 51.6 cm³/mol. The third-order valence-corrected chi connectivity index (χ3v) is 1.73. The van der Waals surface area contributed by atoms with Gasteiger partial charge in [0, 0.05) is 19.0 Å². The number of rotatable bonds is 5. The van der Waals surface area contributed by atoms with Gasteiger partial charge < -0.3 is 10.4 Å². The highest BCUT2D eigenvalue weighted by Crippen LogP contribution is 1.93. The Morgan fingerprint density at radius 3 is 2.71 bits per heavy atom. The summed E-state index contributed by atoms with van der Waals surface area (Å²) in [7, 11) is 1.70. The van der Waals surface area contributed by atoms with Gasteiger partial charge in [-0.1, -0.05) is 13.8 Å². The SMILES string of the molecule is CC(C)NCC(O)Cc1nnn(C)n1. The molecule has 2 N–H and O–H groups in total. The van der Waals surface area contributed by atoms with Gasteiger partial charge in [-0.25, -0.2) is 0 Å². The van der Waals surface area contributed by atoms with Crippen molar-refractivity contribution >= 4 is 0 Å². The average Bonchev–Trinajstić information content (AvgIpc) is 2.48. The van der Waals surface area contributed by atoms with E-state index in [-0.39, 0.29) is 0 Å². The van der Waals surface area contributed by atoms with Gasteiger partial charge in [-0.05, 0) is 5.21 Å². The number of hydrogen-bond acceptors (Lipinski definition) is 5. The highest BCUT2D eigenvalue weighted by Gasteiger charge is 2.09. The Bertz CT molecular complexity index is 272. The Balaban J connectivity index is 2.30. The van der Waals surface area contributed by atoms with Gasteiger partial charge in [-0.2, -0.15) is 4.80 Å². The molecule has 1 aromatic rings. The molecule has 14 heavy (non-hydrogen) atoms. The monoisotopic (exact) mass is 199 g/mol. The number of nitrogens with one attached hydrogen (secondary N) is 1. The minimum Gasteiger partial charge on any atom is -0.391 e. The highest BCUT2D eigenvalue weighted by molar-refractivity contribution is 4.81. The smallest absolute Gasteiger partial charge is 0.177 e. The molecule has 1 aromatic heterocycles. The lowest BCUT2D eigenvalue weighted by Gasteiger charge is -2.11. The molecule has 0 aliphatic heterocycles. The van der Waals surface area contributed by atoms with Crippen molar-refractivity contribution in [1.29, 1.82) is 0 Å². The first-order valence-electron chi connectivity index (χ1n) is 4.72. The largest absolute Gasteiger partial charge is 0.391 e. The molecule has 6 nitrogen and oxygen atoms in total. The van der Waals surface area contributed by atoms with E-state index >= 15 is 0 Å². The van der Waals surface area contributed by atoms with Crippen LogP contribution in [-0.2, 0) is 13.5 Å². The Kier molecular flexibility index (Phi) is 3.97. The van der Waals surface area contributed by atoms with Gasteiger partial charge in [-0.15, -0.1) is 10.2 Å². The van der Waals surface area contributed by atoms with Crippen molar-refractivity contribution in [1.82, 2.24) is 25.5 Å². The number of nitrogens with zero attached hydrogens (tertiary/aromatic N) is 4. The second-order valence-corrected chi connectivity index (χ2v) is 3.62. The molecule has 0 aromatic carbocycles. The van der Waals surface area contributed by atoms with Gasteiger partial charge in [0.25, 0.3) is 0 Å². The summed E-state index contributed by atoms with van der Waals surface area (Å²) >= 11 is 0. The molecule has 0 aliphatic rings. The number of aliphatic hydroxyl groups is 1. The molecule has 1 atom stereocenters. The summed E-state index contributed by atoms with van der Waals surface area (Å²) in [5.41, 5.74) is 0. The van der Waals surface area contributed by atoms with Crippen molar-refractivity contribution in [3.63, 3.8) is 0 Å². The molecule has 0 saturated carbocycles. The molecule has 6 heteroatoms. The third kappa shape index (κ3) is 3.80. The zero-order valence-corrected chi connectivity index (χ0v) is 8.80. The zero-order chi connectivity index (χ0) is 10.6. The quantitative estimate of drug-likeness (QED) is 0.643. The lowest BCUT2D eigenvalue weighted by atomic mass is 10.2. The van der Waals surface area contributed by atoms with Crippen molar-refractivity contribution < 1.29 is 5.11 Å². The standard InChI is InChI=1S/C8H17N5O/c1-6(2)9-5-7(14)4-8-10-12-13(3)11-8/h6-7,9,14H,4-5H2,1-3H3. The molecule has 0 saturated heterocycles. The minimum absolute atomic E-state index is 0.375. The predicted octanol–water partition coefficient (Wildman–Crippen LogP) is -0.888. The minimum atomic E-state index is -0.457. The second-order valence-electron chi connectivity index (χ2n) is 3.62. The fraction of sp³-hybridized carbons (Fsp3) is 0.875. The number of hydrogen-bond donors (Lipinski definition) is 2. The van der Waals surface area contributed by atoms with Crippen molar-refractivity contribution in [3.8, 4) is 0 Å². The molecule has 1 unspecified atom stereocenters. The maximum Gasteiger partial charge on any atom is 0.177 e. The molecular weight excluding hydrogens is 182 g/mol. The lowest BCUT2D eigenvalue weighted by molar-refractivity contribution is 0.166. The van der Waals surface area contributed by atoms with E-state index < -0.39 is 6.10 Å². The van der Waals surface area contributed by atoms with E-state index in [1.54, 1.807) is 7.05 Å². The number of aliphatic hydroxyl groups excluding tert-OH is 1. The van der Waals surface area contributed by atoms with Crippen LogP contribution in [0.3, 0.4) is 0 Å². The van der Waals surface area contributed by atoms with Crippen LogP contribution in [0.2, 0.25) is 0 Å². The van der Waals surface area contributed by atoms with Gasteiger partial charge >= 0.3 is 0 Å². The molecule has 0 spiro atoms. The van der Waals surface area contributed by atoms with Crippen molar-refractivity contribution in [2.45, 2.75) is 32.4 Å². The number of aryl methyl sites for hydroxylation is 1. The molecule has 0 bridgehead atoms. The normalized spacial score (nSPS) is 13.5. The van der Waals surface area contributed by atoms with Crippen LogP contribution in [0.4, 0.5) is 0 Å². The van der Waals surface area contributed by atoms with Crippen LogP contribution in [0.5, 0.6) is 0 Å². The fourth-order valence-corrected chi connectivity index (χ4v) is 1.06. The van der Waals surface area contributed by atoms with Crippen LogP contribution in [0.1, 0.15) is 19.7 Å². The van der Waals surface area contributed by atoms with Gasteiger partial charge in [0.1, 0.15) is 0 Å². The number of aromatic nitrogens is 4. The maximum atomic E-state index is 9.58. The summed E-state index contributed by atoms with van der Waals surface area (Å²) < 4.78 is 0. The summed E-state index contributed by atoms with van der Waals surface area (Å²) in [4.78, 5) is 1.39. The van der Waals surface area contributed by atoms with E-state index in [2.05, 4.69) is 20.7 Å². The molecule has 80 valence electrons. The fourth-order valence-electron chi connectivity index (χ4n) is 1.06. The van der Waals surface area contributed by atoms with E-state index in [1.165, 1.54) is 4.80 Å². The van der Waals surface area contributed by atoms with Crippen LogP contribution in [0.15, 0.2) is 0 Å². The summed E-state index contributed by atoms with van der Waals surface area (Å²) in [5.74, 6) is 0.575. The van der Waals surface area contributed by atoms with Gasteiger partial charge in [0.05, 0.1) is 13.2 Å². The lowest BCUT2D eigenvalue weighted by Crippen LogP contribution is -2.33. The first-order chi connectivity index (χ1) is 6.58. The van der Waals surface area contributed by atoms with Gasteiger partial charge in [-0.3, -0.25) is 0 Å². The van der Waals surface area contributed by atoms with Crippen molar-refractivity contribution in [2.75, 3.05) is 6.54 Å². The van der Waals surface area contributed by atoms with Gasteiger partial charge in [0.15, 0.2) is 5.82 Å². The Hall–Kier alpha value is -1.01. The molecule has 0 aliphatic carbocycles. The highest BCUT2D eigenvalue weighted by atomic mass is 16.3. The molecule has 0 fully saturated rings. The van der Waals surface area contributed by atoms with Crippen LogP contribution in [-0.4, -0.2) is 44.0 Å². The first-order valence-corrected chi connectivity index (χ1v) is 4.72. The second kappa shape index (κ2) is 5.02. The van der Waals surface area contributed by atoms with E-state index in [1.807, 2.05) is 13.8 Å². The van der Waals surface area contributed by atoms with Crippen molar-refractivity contribution in [3.05, 3.63) is 5.82 Å². The van der Waals surface area contributed by atoms with Crippen LogP contribution >= 0.6 is 0 Å². The molecule has 0 radical (unpaired) electrons. The summed E-state index contributed by atoms with van der Waals surface area (Å²) in [6.45, 7) is 4.62. The van der Waals surface area contributed by atoms with Gasteiger partial charge in [0.2, 0.25) is 0 Å². The van der Waals surface area contributed by atoms with E-state index in [9.17, 15) is 5.11 Å². The van der Waals surface area contributed by atoms with E-state index in [0.29, 0.717) is 24.8 Å². The maximum absolute atomic E-state index is 9.58. The van der Waals surface area contributed by atoms with E-state index in [4.69, 9.17) is 0 Å². The Morgan fingerprint density at radius 2 is 2.21 bits per heavy atom. The summed E-state index contributed by atoms with van der Waals surface area (Å²) in [6.07, 6.45) is -0.0188. The van der Waals surface area contributed by atoms with Crippen molar-refractivity contribution in [2.24, 2.45) is 7.05 Å². The molecular formula is C8H17N5O. The van der Waals surface area contributed by atoms with Crippen LogP contribution in [0.25, 0.3) is 0 Å². The average molecular weight is 199 g/mol. The first kappa shape index (κ1) is 11.1. The van der Waals surface area contributed by atoms with E-state index in [0.717, 1.165) is 0 Å². The topological polar surface area (TPSA) is 75.9 Å². The number of tetrazole rings is 1.